The molecular formula is C28H34N6O4. The van der Waals surface area contributed by atoms with E-state index in [-0.39, 0.29) is 24.8 Å². The summed E-state index contributed by atoms with van der Waals surface area (Å²) in [6.07, 6.45) is 5.76. The third-order valence-corrected chi connectivity index (χ3v) is 6.76. The lowest BCUT2D eigenvalue weighted by atomic mass is 9.87. The molecule has 2 bridgehead atoms. The number of nitrogens with zero attached hydrogens (tertiary/aromatic N) is 6. The number of carbonyl (C=O) groups excluding carboxylic acids is 1. The molecule has 0 saturated carbocycles. The molecule has 0 aliphatic carbocycles. The highest BCUT2D eigenvalue weighted by molar-refractivity contribution is 5.85. The van der Waals surface area contributed by atoms with Gasteiger partial charge in [0.2, 0.25) is 0 Å². The number of rotatable bonds is 5. The van der Waals surface area contributed by atoms with Gasteiger partial charge in [-0.3, -0.25) is 4.90 Å². The van der Waals surface area contributed by atoms with Crippen molar-refractivity contribution in [3.05, 3.63) is 41.9 Å². The number of carbonyl (C=O) groups is 1. The predicted molar refractivity (Wildman–Crippen MR) is 142 cm³/mol. The Hall–Kier alpha value is -3.84. The molecule has 1 N–H and O–H groups in total. The number of aryl methyl sites for hydroxylation is 1. The summed E-state index contributed by atoms with van der Waals surface area (Å²) < 4.78 is 13.1. The Bertz CT molecular complexity index is 1420. The fourth-order valence-electron chi connectivity index (χ4n) is 5.18. The monoisotopic (exact) mass is 518 g/mol. The SMILES string of the molecule is Cc1cc(-c2cc(OCC(C)(C)O)cn3ncc(C#N)c23)cnc1N1CC2CC(C1)N2C(=O)OC(C)(C)C. The van der Waals surface area contributed by atoms with Crippen LogP contribution in [0.5, 0.6) is 5.75 Å². The molecule has 2 atom stereocenters. The number of anilines is 1. The molecule has 3 aliphatic heterocycles. The number of piperidine rings is 1. The molecule has 2 unspecified atom stereocenters. The molecule has 6 heterocycles. The zero-order chi connectivity index (χ0) is 27.4. The highest BCUT2D eigenvalue weighted by Crippen LogP contribution is 2.38. The first-order valence-corrected chi connectivity index (χ1v) is 12.8. The lowest BCUT2D eigenvalue weighted by molar-refractivity contribution is -0.0380. The van der Waals surface area contributed by atoms with Crippen molar-refractivity contribution >= 4 is 17.4 Å². The van der Waals surface area contributed by atoms with Crippen molar-refractivity contribution in [3.63, 3.8) is 0 Å². The fraction of sp³-hybridized carbons (Fsp3) is 0.500. The van der Waals surface area contributed by atoms with E-state index in [9.17, 15) is 15.2 Å². The molecule has 0 aromatic carbocycles. The molecule has 10 nitrogen and oxygen atoms in total. The van der Waals surface area contributed by atoms with Gasteiger partial charge < -0.3 is 19.5 Å². The molecule has 0 spiro atoms. The number of piperazine rings is 1. The largest absolute Gasteiger partial charge is 0.489 e. The van der Waals surface area contributed by atoms with Gasteiger partial charge in [0.1, 0.15) is 29.8 Å². The first-order valence-electron chi connectivity index (χ1n) is 12.8. The highest BCUT2D eigenvalue weighted by atomic mass is 16.6. The van der Waals surface area contributed by atoms with Crippen molar-refractivity contribution < 1.29 is 19.4 Å². The topological polar surface area (TPSA) is 116 Å². The smallest absolute Gasteiger partial charge is 0.410 e. The molecular weight excluding hydrogens is 484 g/mol. The highest BCUT2D eigenvalue weighted by Gasteiger charge is 2.49. The zero-order valence-electron chi connectivity index (χ0n) is 22.7. The molecule has 6 rings (SSSR count). The number of amides is 1. The maximum absolute atomic E-state index is 12.6. The van der Waals surface area contributed by atoms with Crippen molar-refractivity contribution in [2.45, 2.75) is 71.2 Å². The van der Waals surface area contributed by atoms with Crippen molar-refractivity contribution in [1.82, 2.24) is 19.5 Å². The summed E-state index contributed by atoms with van der Waals surface area (Å²) in [6.45, 7) is 12.5. The summed E-state index contributed by atoms with van der Waals surface area (Å²) in [6, 6.07) is 6.34. The van der Waals surface area contributed by atoms with Gasteiger partial charge in [-0.05, 0) is 65.7 Å². The number of aliphatic hydroxyl groups is 1. The van der Waals surface area contributed by atoms with Gasteiger partial charge in [0.05, 0.1) is 41.2 Å². The van der Waals surface area contributed by atoms with Crippen LogP contribution in [0.2, 0.25) is 0 Å². The van der Waals surface area contributed by atoms with Gasteiger partial charge in [0, 0.05) is 30.4 Å². The van der Waals surface area contributed by atoms with Crippen LogP contribution in [0.3, 0.4) is 0 Å². The van der Waals surface area contributed by atoms with E-state index in [0.717, 1.165) is 28.9 Å². The molecule has 3 saturated heterocycles. The Morgan fingerprint density at radius 1 is 1.18 bits per heavy atom. The Balaban J connectivity index is 1.41. The van der Waals surface area contributed by atoms with Crippen LogP contribution in [0.1, 0.15) is 52.2 Å². The van der Waals surface area contributed by atoms with E-state index in [1.807, 2.05) is 38.7 Å². The van der Waals surface area contributed by atoms with Crippen LogP contribution in [0.4, 0.5) is 10.6 Å². The van der Waals surface area contributed by atoms with Gasteiger partial charge in [0.15, 0.2) is 0 Å². The summed E-state index contributed by atoms with van der Waals surface area (Å²) >= 11 is 0. The zero-order valence-corrected chi connectivity index (χ0v) is 22.7. The maximum Gasteiger partial charge on any atom is 0.410 e. The third-order valence-electron chi connectivity index (χ3n) is 6.76. The second kappa shape index (κ2) is 9.17. The minimum absolute atomic E-state index is 0.109. The Kier molecular flexibility index (Phi) is 6.22. The van der Waals surface area contributed by atoms with Crippen LogP contribution in [0.15, 0.2) is 30.7 Å². The number of ether oxygens (including phenoxy) is 2. The van der Waals surface area contributed by atoms with Crippen molar-refractivity contribution in [2.75, 3.05) is 24.6 Å². The minimum Gasteiger partial charge on any atom is -0.489 e. The van der Waals surface area contributed by atoms with E-state index >= 15 is 0 Å². The number of pyridine rings is 2. The molecule has 1 amide bonds. The van der Waals surface area contributed by atoms with E-state index in [4.69, 9.17) is 14.5 Å². The van der Waals surface area contributed by atoms with E-state index in [0.29, 0.717) is 29.9 Å². The molecule has 10 heteroatoms. The lowest BCUT2D eigenvalue weighted by Gasteiger charge is -2.56. The second-order valence-electron chi connectivity index (χ2n) is 11.9. The Labute approximate surface area is 222 Å². The predicted octanol–water partition coefficient (Wildman–Crippen LogP) is 3.92. The van der Waals surface area contributed by atoms with Gasteiger partial charge in [-0.1, -0.05) is 0 Å². The van der Waals surface area contributed by atoms with Crippen LogP contribution in [0, 0.1) is 18.3 Å². The van der Waals surface area contributed by atoms with Gasteiger partial charge in [-0.15, -0.1) is 0 Å². The van der Waals surface area contributed by atoms with Crippen LogP contribution in [-0.4, -0.2) is 73.7 Å². The average Bonchev–Trinajstić information content (AvgIpc) is 3.23. The summed E-state index contributed by atoms with van der Waals surface area (Å²) in [4.78, 5) is 21.6. The van der Waals surface area contributed by atoms with E-state index in [1.54, 1.807) is 30.8 Å². The van der Waals surface area contributed by atoms with Crippen molar-refractivity contribution in [3.8, 4) is 22.9 Å². The summed E-state index contributed by atoms with van der Waals surface area (Å²) in [5, 5.41) is 24.1. The second-order valence-corrected chi connectivity index (χ2v) is 11.9. The van der Waals surface area contributed by atoms with Crippen molar-refractivity contribution in [1.29, 1.82) is 5.26 Å². The number of fused-ring (bicyclic) bond motifs is 3. The molecule has 0 radical (unpaired) electrons. The van der Waals surface area contributed by atoms with Crippen molar-refractivity contribution in [2.24, 2.45) is 0 Å². The van der Waals surface area contributed by atoms with Gasteiger partial charge >= 0.3 is 6.09 Å². The number of aromatic nitrogens is 3. The third kappa shape index (κ3) is 4.98. The average molecular weight is 519 g/mol. The first-order chi connectivity index (χ1) is 17.8. The maximum atomic E-state index is 12.6. The molecule has 3 aliphatic rings. The van der Waals surface area contributed by atoms with E-state index in [2.05, 4.69) is 22.1 Å². The van der Waals surface area contributed by atoms with Crippen LogP contribution in [0.25, 0.3) is 16.6 Å². The Morgan fingerprint density at radius 2 is 1.89 bits per heavy atom. The summed E-state index contributed by atoms with van der Waals surface area (Å²) in [5.74, 6) is 1.41. The fourth-order valence-corrected chi connectivity index (χ4v) is 5.18. The number of hydrogen-bond acceptors (Lipinski definition) is 8. The standard InChI is InChI=1S/C28H34N6O4/c1-17-7-18(23-9-22(37-16-28(5,6)36)15-33-24(23)19(10-29)12-31-33)11-30-25(17)32-13-20-8-21(14-32)34(20)26(35)38-27(2,3)4/h7,9,11-12,15,20-21,36H,8,13-14,16H2,1-6H3. The normalized spacial score (nSPS) is 19.2. The van der Waals surface area contributed by atoms with Crippen LogP contribution < -0.4 is 9.64 Å². The minimum atomic E-state index is -0.995. The molecule has 3 aromatic rings. The van der Waals surface area contributed by atoms with Gasteiger partial charge in [0.25, 0.3) is 0 Å². The van der Waals surface area contributed by atoms with Crippen LogP contribution >= 0.6 is 0 Å². The summed E-state index contributed by atoms with van der Waals surface area (Å²) in [7, 11) is 0. The van der Waals surface area contributed by atoms with E-state index < -0.39 is 11.2 Å². The van der Waals surface area contributed by atoms with E-state index in [1.165, 1.54) is 6.20 Å². The summed E-state index contributed by atoms with van der Waals surface area (Å²) in [5.41, 5.74) is 2.21. The molecule has 3 aromatic heterocycles. The first kappa shape index (κ1) is 25.8. The lowest BCUT2D eigenvalue weighted by Crippen LogP contribution is -2.70. The Morgan fingerprint density at radius 3 is 2.50 bits per heavy atom. The number of nitriles is 1. The quantitative estimate of drug-likeness (QED) is 0.540. The molecule has 200 valence electrons. The van der Waals surface area contributed by atoms with Gasteiger partial charge in [-0.2, -0.15) is 10.4 Å². The molecule has 38 heavy (non-hydrogen) atoms. The van der Waals surface area contributed by atoms with Crippen LogP contribution in [-0.2, 0) is 4.74 Å². The molecule has 3 fully saturated rings. The van der Waals surface area contributed by atoms with Gasteiger partial charge in [-0.25, -0.2) is 14.3 Å². The number of hydrogen-bond donors (Lipinski definition) is 1.